The van der Waals surface area contributed by atoms with Gasteiger partial charge in [0.25, 0.3) is 5.91 Å². The molecule has 1 aliphatic heterocycles. The van der Waals surface area contributed by atoms with Crippen molar-refractivity contribution in [3.8, 4) is 11.1 Å². The number of carbonyl (C=O) groups excluding carboxylic acids is 2. The third kappa shape index (κ3) is 2.27. The fourth-order valence-electron chi connectivity index (χ4n) is 4.25. The molecule has 24 heavy (non-hydrogen) atoms. The largest absolute Gasteiger partial charge is 0.338 e. The molecule has 0 saturated carbocycles. The lowest BCUT2D eigenvalue weighted by Gasteiger charge is -2.35. The molecule has 4 rings (SSSR count). The van der Waals surface area contributed by atoms with Crippen LogP contribution in [0.15, 0.2) is 42.5 Å². The van der Waals surface area contributed by atoms with Crippen molar-refractivity contribution >= 4 is 11.7 Å². The Morgan fingerprint density at radius 2 is 1.54 bits per heavy atom. The summed E-state index contributed by atoms with van der Waals surface area (Å²) in [6.45, 7) is 5.99. The molecule has 0 spiro atoms. The molecule has 2 aliphatic rings. The molecule has 1 amide bonds. The second kappa shape index (κ2) is 5.59. The van der Waals surface area contributed by atoms with Crippen molar-refractivity contribution in [1.82, 2.24) is 4.90 Å². The number of benzene rings is 2. The Kier molecular flexibility index (Phi) is 3.52. The summed E-state index contributed by atoms with van der Waals surface area (Å²) in [4.78, 5) is 27.8. The molecule has 2 atom stereocenters. The second-order valence-corrected chi connectivity index (χ2v) is 7.26. The van der Waals surface area contributed by atoms with Gasteiger partial charge < -0.3 is 4.90 Å². The minimum absolute atomic E-state index is 0.0237. The smallest absolute Gasteiger partial charge is 0.254 e. The molecule has 1 aliphatic carbocycles. The Bertz CT molecular complexity index is 829. The van der Waals surface area contributed by atoms with Gasteiger partial charge in [0.2, 0.25) is 0 Å². The molecule has 0 aromatic heterocycles. The zero-order valence-corrected chi connectivity index (χ0v) is 14.1. The van der Waals surface area contributed by atoms with Crippen LogP contribution in [0.3, 0.4) is 0 Å². The van der Waals surface area contributed by atoms with Crippen LogP contribution in [0, 0.1) is 11.8 Å². The highest BCUT2D eigenvalue weighted by Gasteiger charge is 2.33. The van der Waals surface area contributed by atoms with Crippen molar-refractivity contribution in [1.29, 1.82) is 0 Å². The van der Waals surface area contributed by atoms with E-state index in [1.807, 2.05) is 47.4 Å². The van der Waals surface area contributed by atoms with Gasteiger partial charge in [-0.2, -0.15) is 0 Å². The van der Waals surface area contributed by atoms with Crippen molar-refractivity contribution in [3.63, 3.8) is 0 Å². The molecule has 3 heteroatoms. The standard InChI is InChI=1S/C21H21NO2/c1-13-10-14(2)12-22(11-13)21(24)18-9-5-8-17-19(18)15-6-3-4-7-16(15)20(17)23/h3-9,13-14H,10-12H2,1-2H3/t13-,14-/m1/s1. The van der Waals surface area contributed by atoms with Gasteiger partial charge in [0, 0.05) is 35.3 Å². The SMILES string of the molecule is C[C@@H]1C[C@@H](C)CN(C(=O)c2cccc3c2-c2ccccc2C3=O)C1. The number of ketones is 1. The summed E-state index contributed by atoms with van der Waals surface area (Å²) in [7, 11) is 0. The minimum atomic E-state index is 0.0237. The maximum Gasteiger partial charge on any atom is 0.254 e. The molecule has 0 unspecified atom stereocenters. The van der Waals surface area contributed by atoms with E-state index in [2.05, 4.69) is 13.8 Å². The van der Waals surface area contributed by atoms with Crippen LogP contribution >= 0.6 is 0 Å². The number of fused-ring (bicyclic) bond motifs is 3. The predicted octanol–water partition coefficient (Wildman–Crippen LogP) is 4.02. The summed E-state index contributed by atoms with van der Waals surface area (Å²) >= 11 is 0. The first-order valence-electron chi connectivity index (χ1n) is 8.62. The first kappa shape index (κ1) is 15.1. The minimum Gasteiger partial charge on any atom is -0.338 e. The third-order valence-corrected chi connectivity index (χ3v) is 5.14. The van der Waals surface area contributed by atoms with Crippen molar-refractivity contribution < 1.29 is 9.59 Å². The van der Waals surface area contributed by atoms with E-state index in [4.69, 9.17) is 0 Å². The van der Waals surface area contributed by atoms with Crippen LogP contribution in [0.4, 0.5) is 0 Å². The molecule has 2 aromatic carbocycles. The van der Waals surface area contributed by atoms with Gasteiger partial charge >= 0.3 is 0 Å². The molecule has 1 heterocycles. The molecular formula is C21H21NO2. The van der Waals surface area contributed by atoms with E-state index >= 15 is 0 Å². The second-order valence-electron chi connectivity index (χ2n) is 7.26. The monoisotopic (exact) mass is 319 g/mol. The summed E-state index contributed by atoms with van der Waals surface area (Å²) < 4.78 is 0. The molecule has 0 bridgehead atoms. The first-order valence-corrected chi connectivity index (χ1v) is 8.62. The van der Waals surface area contributed by atoms with E-state index in [9.17, 15) is 9.59 Å². The topological polar surface area (TPSA) is 37.4 Å². The Labute approximate surface area is 142 Å². The average Bonchev–Trinajstić information content (AvgIpc) is 2.87. The maximum absolute atomic E-state index is 13.2. The van der Waals surface area contributed by atoms with Crippen LogP contribution in [-0.2, 0) is 0 Å². The predicted molar refractivity (Wildman–Crippen MR) is 94.2 cm³/mol. The first-order chi connectivity index (χ1) is 11.6. The van der Waals surface area contributed by atoms with Crippen molar-refractivity contribution in [2.75, 3.05) is 13.1 Å². The fraction of sp³-hybridized carbons (Fsp3) is 0.333. The molecular weight excluding hydrogens is 298 g/mol. The molecule has 2 aromatic rings. The molecule has 122 valence electrons. The molecule has 0 N–H and O–H groups in total. The third-order valence-electron chi connectivity index (χ3n) is 5.14. The van der Waals surface area contributed by atoms with Gasteiger partial charge in [-0.05, 0) is 29.9 Å². The molecule has 0 radical (unpaired) electrons. The van der Waals surface area contributed by atoms with Crippen LogP contribution in [0.5, 0.6) is 0 Å². The number of rotatable bonds is 1. The number of amides is 1. The Morgan fingerprint density at radius 3 is 2.25 bits per heavy atom. The van der Waals surface area contributed by atoms with Gasteiger partial charge in [0.1, 0.15) is 0 Å². The zero-order valence-electron chi connectivity index (χ0n) is 14.1. The van der Waals surface area contributed by atoms with Crippen LogP contribution in [-0.4, -0.2) is 29.7 Å². The number of hydrogen-bond acceptors (Lipinski definition) is 2. The van der Waals surface area contributed by atoms with Crippen LogP contribution in [0.2, 0.25) is 0 Å². The van der Waals surface area contributed by atoms with E-state index in [0.717, 1.165) is 30.6 Å². The highest BCUT2D eigenvalue weighted by Crippen LogP contribution is 2.39. The maximum atomic E-state index is 13.2. The van der Waals surface area contributed by atoms with Gasteiger partial charge in [0.15, 0.2) is 5.78 Å². The van der Waals surface area contributed by atoms with Crippen molar-refractivity contribution in [2.45, 2.75) is 20.3 Å². The van der Waals surface area contributed by atoms with Gasteiger partial charge in [-0.1, -0.05) is 50.2 Å². The number of hydrogen-bond donors (Lipinski definition) is 0. The van der Waals surface area contributed by atoms with E-state index in [1.165, 1.54) is 0 Å². The normalized spacial score (nSPS) is 22.2. The number of likely N-dealkylation sites (tertiary alicyclic amines) is 1. The Balaban J connectivity index is 1.80. The van der Waals surface area contributed by atoms with Crippen molar-refractivity contribution in [2.24, 2.45) is 11.8 Å². The van der Waals surface area contributed by atoms with Gasteiger partial charge in [0.05, 0.1) is 0 Å². The highest BCUT2D eigenvalue weighted by atomic mass is 16.2. The summed E-state index contributed by atoms with van der Waals surface area (Å²) in [5.74, 6) is 1.11. The molecule has 1 fully saturated rings. The van der Waals surface area contributed by atoms with Gasteiger partial charge in [-0.15, -0.1) is 0 Å². The Hall–Kier alpha value is -2.42. The summed E-state index contributed by atoms with van der Waals surface area (Å²) in [6.07, 6.45) is 1.16. The van der Waals surface area contributed by atoms with E-state index in [1.54, 1.807) is 0 Å². The zero-order chi connectivity index (χ0) is 16.8. The molecule has 1 saturated heterocycles. The molecule has 3 nitrogen and oxygen atoms in total. The lowest BCUT2D eigenvalue weighted by Crippen LogP contribution is -2.42. The lowest BCUT2D eigenvalue weighted by atomic mass is 9.90. The van der Waals surface area contributed by atoms with Crippen molar-refractivity contribution in [3.05, 3.63) is 59.2 Å². The van der Waals surface area contributed by atoms with Gasteiger partial charge in [-0.3, -0.25) is 9.59 Å². The quantitative estimate of drug-likeness (QED) is 0.679. The summed E-state index contributed by atoms with van der Waals surface area (Å²) in [5.41, 5.74) is 3.72. The fourth-order valence-corrected chi connectivity index (χ4v) is 4.25. The van der Waals surface area contributed by atoms with Crippen LogP contribution in [0.1, 0.15) is 46.5 Å². The summed E-state index contributed by atoms with van der Waals surface area (Å²) in [6, 6.07) is 13.1. The van der Waals surface area contributed by atoms with Crippen LogP contribution in [0.25, 0.3) is 11.1 Å². The van der Waals surface area contributed by atoms with Crippen LogP contribution < -0.4 is 0 Å². The highest BCUT2D eigenvalue weighted by molar-refractivity contribution is 6.24. The average molecular weight is 319 g/mol. The number of piperidine rings is 1. The van der Waals surface area contributed by atoms with E-state index < -0.39 is 0 Å². The Morgan fingerprint density at radius 1 is 0.917 bits per heavy atom. The summed E-state index contributed by atoms with van der Waals surface area (Å²) in [5, 5.41) is 0. The number of nitrogens with zero attached hydrogens (tertiary/aromatic N) is 1. The van der Waals surface area contributed by atoms with Gasteiger partial charge in [-0.25, -0.2) is 0 Å². The lowest BCUT2D eigenvalue weighted by molar-refractivity contribution is 0.0624. The van der Waals surface area contributed by atoms with E-state index in [-0.39, 0.29) is 11.7 Å². The number of carbonyl (C=O) groups is 2. The van der Waals surface area contributed by atoms with E-state index in [0.29, 0.717) is 28.5 Å².